The van der Waals surface area contributed by atoms with Gasteiger partial charge >= 0.3 is 0 Å². The van der Waals surface area contributed by atoms with Crippen molar-refractivity contribution >= 4 is 11.6 Å². The van der Waals surface area contributed by atoms with E-state index in [0.29, 0.717) is 5.15 Å². The second-order valence-corrected chi connectivity index (χ2v) is 4.19. The molecule has 0 radical (unpaired) electrons. The van der Waals surface area contributed by atoms with Crippen molar-refractivity contribution in [3.05, 3.63) is 29.0 Å². The molecule has 4 heteroatoms. The van der Waals surface area contributed by atoms with Crippen molar-refractivity contribution in [3.63, 3.8) is 0 Å². The standard InChI is InChI=1S/C11H14ClNO2/c12-10-7-9(1-4-13-10)11(14)8-2-5-15-6-3-8/h1,4,7-8,11,14H,2-3,5-6H2. The van der Waals surface area contributed by atoms with Gasteiger partial charge in [0.25, 0.3) is 0 Å². The van der Waals surface area contributed by atoms with Crippen molar-refractivity contribution in [3.8, 4) is 0 Å². The van der Waals surface area contributed by atoms with Gasteiger partial charge in [0.1, 0.15) is 5.15 Å². The molecular formula is C11H14ClNO2. The number of hydrogen-bond acceptors (Lipinski definition) is 3. The molecule has 1 fully saturated rings. The predicted molar refractivity (Wildman–Crippen MR) is 57.7 cm³/mol. The topological polar surface area (TPSA) is 42.4 Å². The molecule has 3 nitrogen and oxygen atoms in total. The Bertz CT molecular complexity index is 326. The Kier molecular flexibility index (Phi) is 3.57. The highest BCUT2D eigenvalue weighted by molar-refractivity contribution is 6.29. The third kappa shape index (κ3) is 2.68. The molecule has 82 valence electrons. The van der Waals surface area contributed by atoms with Crippen LogP contribution < -0.4 is 0 Å². The van der Waals surface area contributed by atoms with Crippen molar-refractivity contribution in [2.24, 2.45) is 5.92 Å². The van der Waals surface area contributed by atoms with E-state index in [-0.39, 0.29) is 5.92 Å². The first kappa shape index (κ1) is 10.9. The van der Waals surface area contributed by atoms with Gasteiger partial charge in [-0.05, 0) is 36.5 Å². The Labute approximate surface area is 94.0 Å². The molecule has 1 unspecified atom stereocenters. The maximum absolute atomic E-state index is 10.1. The molecule has 1 aromatic heterocycles. The first-order valence-electron chi connectivity index (χ1n) is 5.14. The van der Waals surface area contributed by atoms with Gasteiger partial charge in [-0.3, -0.25) is 0 Å². The number of aliphatic hydroxyl groups is 1. The van der Waals surface area contributed by atoms with Crippen molar-refractivity contribution in [1.82, 2.24) is 4.98 Å². The summed E-state index contributed by atoms with van der Waals surface area (Å²) in [5.41, 5.74) is 0.849. The Morgan fingerprint density at radius 2 is 2.20 bits per heavy atom. The van der Waals surface area contributed by atoms with E-state index in [1.54, 1.807) is 12.3 Å². The molecule has 0 aromatic carbocycles. The fraction of sp³-hybridized carbons (Fsp3) is 0.545. The molecule has 0 aliphatic carbocycles. The van der Waals surface area contributed by atoms with E-state index in [0.717, 1.165) is 31.6 Å². The molecular weight excluding hydrogens is 214 g/mol. The number of rotatable bonds is 2. The Morgan fingerprint density at radius 3 is 2.87 bits per heavy atom. The molecule has 1 aromatic rings. The largest absolute Gasteiger partial charge is 0.388 e. The maximum Gasteiger partial charge on any atom is 0.129 e. The third-order valence-electron chi connectivity index (χ3n) is 2.80. The van der Waals surface area contributed by atoms with Gasteiger partial charge < -0.3 is 9.84 Å². The Hall–Kier alpha value is -0.640. The lowest BCUT2D eigenvalue weighted by molar-refractivity contribution is 0.00716. The fourth-order valence-electron chi connectivity index (χ4n) is 1.91. The van der Waals surface area contributed by atoms with Crippen LogP contribution in [0.3, 0.4) is 0 Å². The highest BCUT2D eigenvalue weighted by atomic mass is 35.5. The van der Waals surface area contributed by atoms with Crippen molar-refractivity contribution in [1.29, 1.82) is 0 Å². The summed E-state index contributed by atoms with van der Waals surface area (Å²) in [4.78, 5) is 3.90. The predicted octanol–water partition coefficient (Wildman–Crippen LogP) is 2.20. The van der Waals surface area contributed by atoms with Crippen LogP contribution >= 0.6 is 11.6 Å². The smallest absolute Gasteiger partial charge is 0.129 e. The van der Waals surface area contributed by atoms with Gasteiger partial charge in [-0.2, -0.15) is 0 Å². The Morgan fingerprint density at radius 1 is 1.47 bits per heavy atom. The number of pyridine rings is 1. The molecule has 1 aliphatic heterocycles. The van der Waals surface area contributed by atoms with E-state index in [4.69, 9.17) is 16.3 Å². The van der Waals surface area contributed by atoms with Crippen LogP contribution in [0.1, 0.15) is 24.5 Å². The van der Waals surface area contributed by atoms with E-state index in [1.165, 1.54) is 0 Å². The van der Waals surface area contributed by atoms with Crippen LogP contribution in [0.2, 0.25) is 5.15 Å². The maximum atomic E-state index is 10.1. The fourth-order valence-corrected chi connectivity index (χ4v) is 2.09. The van der Waals surface area contributed by atoms with Gasteiger partial charge in [-0.25, -0.2) is 4.98 Å². The first-order valence-corrected chi connectivity index (χ1v) is 5.52. The lowest BCUT2D eigenvalue weighted by atomic mass is 9.90. The molecule has 0 saturated carbocycles. The number of hydrogen-bond donors (Lipinski definition) is 1. The van der Waals surface area contributed by atoms with Crippen LogP contribution in [0, 0.1) is 5.92 Å². The molecule has 1 aliphatic rings. The zero-order valence-corrected chi connectivity index (χ0v) is 9.15. The van der Waals surface area contributed by atoms with E-state index in [2.05, 4.69) is 4.98 Å². The van der Waals surface area contributed by atoms with Crippen molar-refractivity contribution in [2.75, 3.05) is 13.2 Å². The molecule has 0 bridgehead atoms. The number of aromatic nitrogens is 1. The van der Waals surface area contributed by atoms with Crippen LogP contribution in [0.15, 0.2) is 18.3 Å². The van der Waals surface area contributed by atoms with Gasteiger partial charge in [-0.15, -0.1) is 0 Å². The number of ether oxygens (including phenoxy) is 1. The molecule has 1 saturated heterocycles. The second kappa shape index (κ2) is 4.92. The highest BCUT2D eigenvalue weighted by Gasteiger charge is 2.23. The minimum atomic E-state index is -0.450. The lowest BCUT2D eigenvalue weighted by Gasteiger charge is -2.26. The summed E-state index contributed by atoms with van der Waals surface area (Å²) in [6, 6.07) is 3.54. The van der Waals surface area contributed by atoms with E-state index < -0.39 is 6.10 Å². The summed E-state index contributed by atoms with van der Waals surface area (Å²) in [7, 11) is 0. The molecule has 15 heavy (non-hydrogen) atoms. The van der Waals surface area contributed by atoms with Crippen LogP contribution in [0.5, 0.6) is 0 Å². The number of halogens is 1. The van der Waals surface area contributed by atoms with Gasteiger partial charge in [0.05, 0.1) is 6.10 Å². The normalized spacial score (nSPS) is 20.1. The third-order valence-corrected chi connectivity index (χ3v) is 3.01. The van der Waals surface area contributed by atoms with Gasteiger partial charge in [-0.1, -0.05) is 11.6 Å². The minimum absolute atomic E-state index is 0.275. The lowest BCUT2D eigenvalue weighted by Crippen LogP contribution is -2.21. The SMILES string of the molecule is OC(c1ccnc(Cl)c1)C1CCOCC1. The van der Waals surface area contributed by atoms with Gasteiger partial charge in [0.15, 0.2) is 0 Å². The van der Waals surface area contributed by atoms with Crippen LogP contribution in [0.25, 0.3) is 0 Å². The van der Waals surface area contributed by atoms with Crippen molar-refractivity contribution < 1.29 is 9.84 Å². The van der Waals surface area contributed by atoms with Crippen LogP contribution in [0.4, 0.5) is 0 Å². The average Bonchev–Trinajstić information content (AvgIpc) is 2.29. The van der Waals surface area contributed by atoms with E-state index >= 15 is 0 Å². The minimum Gasteiger partial charge on any atom is -0.388 e. The van der Waals surface area contributed by atoms with Gasteiger partial charge in [0.2, 0.25) is 0 Å². The molecule has 2 rings (SSSR count). The summed E-state index contributed by atoms with van der Waals surface area (Å²) in [5.74, 6) is 0.275. The summed E-state index contributed by atoms with van der Waals surface area (Å²) in [5, 5.41) is 10.6. The number of nitrogens with zero attached hydrogens (tertiary/aromatic N) is 1. The Balaban J connectivity index is 2.08. The van der Waals surface area contributed by atoms with E-state index in [1.807, 2.05) is 6.07 Å². The summed E-state index contributed by atoms with van der Waals surface area (Å²) >= 11 is 5.78. The van der Waals surface area contributed by atoms with Crippen LogP contribution in [-0.2, 0) is 4.74 Å². The zero-order chi connectivity index (χ0) is 10.7. The molecule has 1 N–H and O–H groups in total. The molecule has 1 atom stereocenters. The molecule has 0 amide bonds. The monoisotopic (exact) mass is 227 g/mol. The average molecular weight is 228 g/mol. The quantitative estimate of drug-likeness (QED) is 0.788. The van der Waals surface area contributed by atoms with Crippen molar-refractivity contribution in [2.45, 2.75) is 18.9 Å². The van der Waals surface area contributed by atoms with E-state index in [9.17, 15) is 5.11 Å². The molecule has 0 spiro atoms. The van der Waals surface area contributed by atoms with Gasteiger partial charge in [0, 0.05) is 19.4 Å². The summed E-state index contributed by atoms with van der Waals surface area (Å²) in [6.45, 7) is 1.47. The van der Waals surface area contributed by atoms with Crippen LogP contribution in [-0.4, -0.2) is 23.3 Å². The zero-order valence-electron chi connectivity index (χ0n) is 8.40. The summed E-state index contributed by atoms with van der Waals surface area (Å²) < 4.78 is 5.26. The first-order chi connectivity index (χ1) is 7.27. The number of aliphatic hydroxyl groups excluding tert-OH is 1. The molecule has 2 heterocycles. The summed E-state index contributed by atoms with van der Waals surface area (Å²) in [6.07, 6.45) is 2.98. The highest BCUT2D eigenvalue weighted by Crippen LogP contribution is 2.30. The second-order valence-electron chi connectivity index (χ2n) is 3.81.